The van der Waals surface area contributed by atoms with Gasteiger partial charge in [-0.3, -0.25) is 19.3 Å². The molecule has 12 heteroatoms. The number of benzene rings is 2. The topological polar surface area (TPSA) is 136 Å². The minimum Gasteiger partial charge on any atom is -0.497 e. The molecular formula is C29H34N4O8. The van der Waals surface area contributed by atoms with Crippen molar-refractivity contribution < 1.29 is 38.1 Å². The lowest BCUT2D eigenvalue weighted by Gasteiger charge is -2.39. The van der Waals surface area contributed by atoms with E-state index in [2.05, 4.69) is 10.6 Å². The normalized spacial score (nSPS) is 21.8. The van der Waals surface area contributed by atoms with Gasteiger partial charge in [-0.15, -0.1) is 0 Å². The van der Waals surface area contributed by atoms with Gasteiger partial charge in [0.2, 0.25) is 11.8 Å². The Morgan fingerprint density at radius 2 is 1.98 bits per heavy atom. The Bertz CT molecular complexity index is 1300. The number of hydrogen-bond acceptors (Lipinski definition) is 8. The number of likely N-dealkylation sites (tertiary alicyclic amines) is 1. The Balaban J connectivity index is 1.32. The molecule has 3 aliphatic rings. The van der Waals surface area contributed by atoms with Crippen LogP contribution in [0, 0.1) is 0 Å². The number of cyclic esters (lactones) is 1. The zero-order valence-corrected chi connectivity index (χ0v) is 22.9. The number of piperidine rings is 1. The van der Waals surface area contributed by atoms with Gasteiger partial charge in [0.15, 0.2) is 0 Å². The zero-order chi connectivity index (χ0) is 28.8. The fourth-order valence-corrected chi connectivity index (χ4v) is 5.08. The first-order valence-electron chi connectivity index (χ1n) is 13.7. The number of hydrogen-bond donors (Lipinski definition) is 2. The van der Waals surface area contributed by atoms with Crippen LogP contribution in [0.5, 0.6) is 17.2 Å². The summed E-state index contributed by atoms with van der Waals surface area (Å²) in [6.45, 7) is 1.85. The van der Waals surface area contributed by atoms with Gasteiger partial charge in [-0.25, -0.2) is 4.79 Å². The van der Waals surface area contributed by atoms with Gasteiger partial charge in [-0.05, 0) is 42.7 Å². The van der Waals surface area contributed by atoms with Gasteiger partial charge in [0.25, 0.3) is 5.91 Å². The SMILES string of the molecule is COc1cc2cc(c1)C(=O)NCCCC(=O)N[C@H]1CN(C(=O)CN3CCOC3=O)CC[C@@H]1OCc1cccc(c1)O2. The third-order valence-electron chi connectivity index (χ3n) is 7.26. The highest BCUT2D eigenvalue weighted by molar-refractivity contribution is 5.95. The van der Waals surface area contributed by atoms with Crippen molar-refractivity contribution in [2.45, 2.75) is 38.0 Å². The Labute approximate surface area is 237 Å². The number of nitrogens with zero attached hydrogens (tertiary/aromatic N) is 2. The maximum atomic E-state index is 13.0. The standard InChI is InChI=1S/C29H34N4O8/c1-38-22-13-20-14-23(15-22)41-21-5-2-4-19(12-21)18-40-25-7-9-32(27(35)17-33-10-11-39-29(33)37)16-24(25)31-26(34)6-3-8-30-28(20)36/h2,4-5,12-15,24-25H,3,6-11,16-18H2,1H3,(H,30,36)(H,31,34)/t24-,25-/m0/s1. The van der Waals surface area contributed by atoms with Gasteiger partial charge in [-0.1, -0.05) is 12.1 Å². The van der Waals surface area contributed by atoms with Crippen molar-refractivity contribution >= 4 is 23.8 Å². The molecule has 3 aliphatic heterocycles. The van der Waals surface area contributed by atoms with Crippen LogP contribution >= 0.6 is 0 Å². The highest BCUT2D eigenvalue weighted by Crippen LogP contribution is 2.28. The molecule has 2 fully saturated rings. The van der Waals surface area contributed by atoms with Crippen molar-refractivity contribution in [3.63, 3.8) is 0 Å². The maximum Gasteiger partial charge on any atom is 0.410 e. The third kappa shape index (κ3) is 7.26. The number of methoxy groups -OCH3 is 1. The van der Waals surface area contributed by atoms with Crippen LogP contribution in [0.25, 0.3) is 0 Å². The molecule has 0 aromatic heterocycles. The monoisotopic (exact) mass is 566 g/mol. The second-order valence-corrected chi connectivity index (χ2v) is 10.2. The molecule has 0 radical (unpaired) electrons. The first kappa shape index (κ1) is 28.2. The fraction of sp³-hybridized carbons (Fsp3) is 0.448. The van der Waals surface area contributed by atoms with Crippen LogP contribution in [0.2, 0.25) is 0 Å². The van der Waals surface area contributed by atoms with E-state index < -0.39 is 12.1 Å². The molecule has 0 saturated carbocycles. The molecule has 2 aromatic carbocycles. The molecule has 2 N–H and O–H groups in total. The van der Waals surface area contributed by atoms with Crippen molar-refractivity contribution in [1.82, 2.24) is 20.4 Å². The summed E-state index contributed by atoms with van der Waals surface area (Å²) in [5.41, 5.74) is 1.24. The molecule has 4 bridgehead atoms. The number of rotatable bonds is 3. The summed E-state index contributed by atoms with van der Waals surface area (Å²) in [4.78, 5) is 53.5. The van der Waals surface area contributed by atoms with Crippen molar-refractivity contribution in [1.29, 1.82) is 0 Å². The summed E-state index contributed by atoms with van der Waals surface area (Å²) in [5.74, 6) is 0.793. The van der Waals surface area contributed by atoms with Gasteiger partial charge < -0.3 is 34.5 Å². The second-order valence-electron chi connectivity index (χ2n) is 10.2. The van der Waals surface area contributed by atoms with Gasteiger partial charge >= 0.3 is 6.09 Å². The molecule has 0 spiro atoms. The summed E-state index contributed by atoms with van der Waals surface area (Å²) >= 11 is 0. The number of carbonyl (C=O) groups excluding carboxylic acids is 4. The molecule has 4 amide bonds. The Kier molecular flexibility index (Phi) is 8.88. The van der Waals surface area contributed by atoms with E-state index in [1.54, 1.807) is 23.1 Å². The maximum absolute atomic E-state index is 13.0. The number of carbonyl (C=O) groups is 4. The van der Waals surface area contributed by atoms with E-state index in [0.717, 1.165) is 5.56 Å². The highest BCUT2D eigenvalue weighted by Gasteiger charge is 2.35. The molecule has 3 heterocycles. The Morgan fingerprint density at radius 1 is 1.10 bits per heavy atom. The van der Waals surface area contributed by atoms with Crippen LogP contribution in [0.3, 0.4) is 0 Å². The lowest BCUT2D eigenvalue weighted by atomic mass is 10.0. The molecule has 41 heavy (non-hydrogen) atoms. The molecule has 2 atom stereocenters. The van der Waals surface area contributed by atoms with Crippen molar-refractivity contribution in [2.75, 3.05) is 46.4 Å². The number of fused-ring (bicyclic) bond motifs is 5. The summed E-state index contributed by atoms with van der Waals surface area (Å²) in [7, 11) is 1.52. The van der Waals surface area contributed by atoms with Crippen LogP contribution < -0.4 is 20.1 Å². The molecule has 2 saturated heterocycles. The smallest absolute Gasteiger partial charge is 0.410 e. The number of nitrogens with one attached hydrogen (secondary N) is 2. The molecule has 2 aromatic rings. The molecule has 5 rings (SSSR count). The van der Waals surface area contributed by atoms with Crippen LogP contribution in [0.4, 0.5) is 4.79 Å². The molecule has 0 unspecified atom stereocenters. The van der Waals surface area contributed by atoms with Crippen molar-refractivity contribution in [2.24, 2.45) is 0 Å². The van der Waals surface area contributed by atoms with E-state index in [-0.39, 0.29) is 56.5 Å². The van der Waals surface area contributed by atoms with E-state index in [1.807, 2.05) is 24.3 Å². The fourth-order valence-electron chi connectivity index (χ4n) is 5.08. The number of amides is 4. The van der Waals surface area contributed by atoms with Crippen molar-refractivity contribution in [3.8, 4) is 17.2 Å². The van der Waals surface area contributed by atoms with Gasteiger partial charge in [0, 0.05) is 37.7 Å². The quantitative estimate of drug-likeness (QED) is 0.577. The summed E-state index contributed by atoms with van der Waals surface area (Å²) < 4.78 is 22.6. The third-order valence-corrected chi connectivity index (χ3v) is 7.26. The molecule has 0 aliphatic carbocycles. The average Bonchev–Trinajstić information content (AvgIpc) is 3.37. The summed E-state index contributed by atoms with van der Waals surface area (Å²) in [6.07, 6.45) is 0.300. The van der Waals surface area contributed by atoms with E-state index in [4.69, 9.17) is 18.9 Å². The predicted molar refractivity (Wildman–Crippen MR) is 146 cm³/mol. The first-order chi connectivity index (χ1) is 19.9. The first-order valence-corrected chi connectivity index (χ1v) is 13.7. The zero-order valence-electron chi connectivity index (χ0n) is 22.9. The molecule has 12 nitrogen and oxygen atoms in total. The van der Waals surface area contributed by atoms with E-state index in [0.29, 0.717) is 55.3 Å². The van der Waals surface area contributed by atoms with Crippen LogP contribution in [-0.2, 0) is 25.7 Å². The van der Waals surface area contributed by atoms with E-state index in [1.165, 1.54) is 12.0 Å². The van der Waals surface area contributed by atoms with Crippen molar-refractivity contribution in [3.05, 3.63) is 53.6 Å². The average molecular weight is 567 g/mol. The lowest BCUT2D eigenvalue weighted by Crippen LogP contribution is -2.58. The Morgan fingerprint density at radius 3 is 2.78 bits per heavy atom. The molecule has 218 valence electrons. The van der Waals surface area contributed by atoms with Gasteiger partial charge in [0.05, 0.1) is 32.4 Å². The Hall–Kier alpha value is -4.32. The van der Waals surface area contributed by atoms with Gasteiger partial charge in [-0.2, -0.15) is 0 Å². The van der Waals surface area contributed by atoms with Gasteiger partial charge in [0.1, 0.15) is 30.4 Å². The summed E-state index contributed by atoms with van der Waals surface area (Å²) in [6, 6.07) is 12.0. The van der Waals surface area contributed by atoms with Crippen LogP contribution in [0.1, 0.15) is 35.2 Å². The van der Waals surface area contributed by atoms with E-state index >= 15 is 0 Å². The van der Waals surface area contributed by atoms with Crippen LogP contribution in [-0.4, -0.2) is 92.2 Å². The second kappa shape index (κ2) is 12.9. The predicted octanol–water partition coefficient (Wildman–Crippen LogP) is 2.07. The minimum absolute atomic E-state index is 0.0640. The highest BCUT2D eigenvalue weighted by atomic mass is 16.6. The molecular weight excluding hydrogens is 532 g/mol. The lowest BCUT2D eigenvalue weighted by molar-refractivity contribution is -0.137. The largest absolute Gasteiger partial charge is 0.497 e. The van der Waals surface area contributed by atoms with E-state index in [9.17, 15) is 19.2 Å². The minimum atomic E-state index is -0.495. The summed E-state index contributed by atoms with van der Waals surface area (Å²) in [5, 5.41) is 5.87. The number of ether oxygens (including phenoxy) is 4. The van der Waals surface area contributed by atoms with Crippen LogP contribution in [0.15, 0.2) is 42.5 Å².